The van der Waals surface area contributed by atoms with Gasteiger partial charge >= 0.3 is 0 Å². The summed E-state index contributed by atoms with van der Waals surface area (Å²) in [6, 6.07) is 13.1. The Labute approximate surface area is 209 Å². The van der Waals surface area contributed by atoms with E-state index in [0.717, 1.165) is 30.0 Å². The molecule has 0 bridgehead atoms. The maximum atomic E-state index is 12.3. The van der Waals surface area contributed by atoms with Gasteiger partial charge in [0.25, 0.3) is 11.8 Å². The Morgan fingerprint density at radius 1 is 1.20 bits per heavy atom. The molecule has 10 nitrogen and oxygen atoms in total. The van der Waals surface area contributed by atoms with Crippen molar-refractivity contribution in [1.82, 2.24) is 10.7 Å². The molecule has 1 fully saturated rings. The molecule has 2 aromatic rings. The van der Waals surface area contributed by atoms with Crippen LogP contribution in [-0.2, 0) is 24.3 Å². The lowest BCUT2D eigenvalue weighted by Gasteiger charge is -2.22. The van der Waals surface area contributed by atoms with Gasteiger partial charge in [0.2, 0.25) is 10.0 Å². The van der Waals surface area contributed by atoms with Crippen molar-refractivity contribution in [2.24, 2.45) is 5.10 Å². The Kier molecular flexibility index (Phi) is 9.47. The Morgan fingerprint density at radius 3 is 2.60 bits per heavy atom. The van der Waals surface area contributed by atoms with E-state index in [4.69, 9.17) is 21.1 Å². The molecule has 35 heavy (non-hydrogen) atoms. The summed E-state index contributed by atoms with van der Waals surface area (Å²) >= 11 is 6.08. The minimum atomic E-state index is -3.75. The van der Waals surface area contributed by atoms with Crippen molar-refractivity contribution in [3.63, 3.8) is 0 Å². The summed E-state index contributed by atoms with van der Waals surface area (Å²) in [4.78, 5) is 24.2. The third-order valence-corrected chi connectivity index (χ3v) is 6.46. The quantitative estimate of drug-likeness (QED) is 0.343. The molecular weight excluding hydrogens is 496 g/mol. The molecule has 0 spiro atoms. The van der Waals surface area contributed by atoms with Gasteiger partial charge in [-0.2, -0.15) is 5.10 Å². The number of hydrogen-bond acceptors (Lipinski definition) is 7. The molecule has 2 amide bonds. The monoisotopic (exact) mass is 522 g/mol. The normalized spacial score (nSPS) is 15.7. The van der Waals surface area contributed by atoms with E-state index in [-0.39, 0.29) is 29.3 Å². The lowest BCUT2D eigenvalue weighted by molar-refractivity contribution is -0.123. The Hall–Kier alpha value is -3.15. The standard InChI is InChI=1S/C23H27ClN4O6S/c1-35(31,32)28(21-7-3-2-6-20(21)24)15-22(29)27-26-13-17-8-10-18(11-9-17)34-16-23(30)25-14-19-5-4-12-33-19/h2-3,6-11,13,19H,4-5,12,14-16H2,1H3,(H,25,30)(H,27,29)/b26-13-/t19-/m0/s1. The summed E-state index contributed by atoms with van der Waals surface area (Å²) in [6.07, 6.45) is 4.42. The van der Waals surface area contributed by atoms with Crippen LogP contribution in [0.25, 0.3) is 0 Å². The van der Waals surface area contributed by atoms with Gasteiger partial charge in [0.15, 0.2) is 6.61 Å². The maximum absolute atomic E-state index is 12.3. The smallest absolute Gasteiger partial charge is 0.260 e. The Bertz CT molecular complexity index is 1150. The number of anilines is 1. The fraction of sp³-hybridized carbons (Fsp3) is 0.348. The molecular formula is C23H27ClN4O6S. The van der Waals surface area contributed by atoms with Crippen LogP contribution in [0, 0.1) is 0 Å². The van der Waals surface area contributed by atoms with E-state index in [2.05, 4.69) is 15.8 Å². The zero-order chi connectivity index (χ0) is 25.3. The molecule has 0 aromatic heterocycles. The fourth-order valence-electron chi connectivity index (χ4n) is 3.26. The summed E-state index contributed by atoms with van der Waals surface area (Å²) in [7, 11) is -3.75. The third kappa shape index (κ3) is 8.53. The number of halogens is 1. The molecule has 0 unspecified atom stereocenters. The summed E-state index contributed by atoms with van der Waals surface area (Å²) < 4.78 is 36.1. The molecule has 2 aromatic carbocycles. The highest BCUT2D eigenvalue weighted by molar-refractivity contribution is 7.92. The second kappa shape index (κ2) is 12.5. The number of benzene rings is 2. The van der Waals surface area contributed by atoms with Crippen LogP contribution in [0.5, 0.6) is 5.75 Å². The van der Waals surface area contributed by atoms with Gasteiger partial charge in [0.1, 0.15) is 12.3 Å². The minimum Gasteiger partial charge on any atom is -0.484 e. The van der Waals surface area contributed by atoms with Gasteiger partial charge in [0, 0.05) is 13.2 Å². The van der Waals surface area contributed by atoms with E-state index in [0.29, 0.717) is 17.9 Å². The molecule has 1 aliphatic rings. The van der Waals surface area contributed by atoms with Gasteiger partial charge in [-0.15, -0.1) is 0 Å². The van der Waals surface area contributed by atoms with Crippen molar-refractivity contribution in [2.45, 2.75) is 18.9 Å². The highest BCUT2D eigenvalue weighted by Crippen LogP contribution is 2.26. The van der Waals surface area contributed by atoms with Crippen molar-refractivity contribution >= 4 is 45.3 Å². The van der Waals surface area contributed by atoms with Crippen LogP contribution < -0.4 is 19.8 Å². The van der Waals surface area contributed by atoms with Crippen LogP contribution in [0.2, 0.25) is 5.02 Å². The predicted octanol–water partition coefficient (Wildman–Crippen LogP) is 1.93. The lowest BCUT2D eigenvalue weighted by atomic mass is 10.2. The first kappa shape index (κ1) is 26.5. The van der Waals surface area contributed by atoms with E-state index in [1.54, 1.807) is 36.4 Å². The Morgan fingerprint density at radius 2 is 1.94 bits per heavy atom. The molecule has 1 aliphatic heterocycles. The number of carbonyl (C=O) groups is 2. The van der Waals surface area contributed by atoms with Gasteiger partial charge in [-0.3, -0.25) is 13.9 Å². The predicted molar refractivity (Wildman–Crippen MR) is 133 cm³/mol. The number of hydrazone groups is 1. The number of hydrogen-bond donors (Lipinski definition) is 2. The second-order valence-corrected chi connectivity index (χ2v) is 10.1. The van der Waals surface area contributed by atoms with Crippen LogP contribution in [0.15, 0.2) is 53.6 Å². The lowest BCUT2D eigenvalue weighted by Crippen LogP contribution is -2.39. The number of amides is 2. The molecule has 1 atom stereocenters. The number of sulfonamides is 1. The van der Waals surface area contributed by atoms with Crippen molar-refractivity contribution in [3.05, 3.63) is 59.1 Å². The van der Waals surface area contributed by atoms with Crippen LogP contribution in [0.4, 0.5) is 5.69 Å². The maximum Gasteiger partial charge on any atom is 0.260 e. The number of ether oxygens (including phenoxy) is 2. The molecule has 1 heterocycles. The van der Waals surface area contributed by atoms with Gasteiger partial charge in [-0.25, -0.2) is 13.8 Å². The first-order chi connectivity index (χ1) is 16.7. The average molecular weight is 523 g/mol. The molecule has 3 rings (SSSR count). The number of rotatable bonds is 11. The van der Waals surface area contributed by atoms with Gasteiger partial charge in [-0.05, 0) is 54.8 Å². The van der Waals surface area contributed by atoms with Crippen molar-refractivity contribution in [2.75, 3.05) is 36.9 Å². The number of para-hydroxylation sites is 1. The topological polar surface area (TPSA) is 126 Å². The highest BCUT2D eigenvalue weighted by Gasteiger charge is 2.22. The molecule has 1 saturated heterocycles. The van der Waals surface area contributed by atoms with E-state index in [9.17, 15) is 18.0 Å². The van der Waals surface area contributed by atoms with E-state index < -0.39 is 22.5 Å². The second-order valence-electron chi connectivity index (χ2n) is 7.81. The number of nitrogens with zero attached hydrogens (tertiary/aromatic N) is 2. The van der Waals surface area contributed by atoms with Gasteiger partial charge < -0.3 is 14.8 Å². The van der Waals surface area contributed by atoms with Gasteiger partial charge in [-0.1, -0.05) is 23.7 Å². The fourth-order valence-corrected chi connectivity index (χ4v) is 4.42. The summed E-state index contributed by atoms with van der Waals surface area (Å²) in [6.45, 7) is 0.613. The van der Waals surface area contributed by atoms with Gasteiger partial charge in [0.05, 0.1) is 29.3 Å². The van der Waals surface area contributed by atoms with Crippen LogP contribution >= 0.6 is 11.6 Å². The molecule has 2 N–H and O–H groups in total. The van der Waals surface area contributed by atoms with E-state index in [1.165, 1.54) is 18.3 Å². The molecule has 0 aliphatic carbocycles. The molecule has 188 valence electrons. The van der Waals surface area contributed by atoms with E-state index >= 15 is 0 Å². The first-order valence-electron chi connectivity index (χ1n) is 10.9. The van der Waals surface area contributed by atoms with Crippen molar-refractivity contribution < 1.29 is 27.5 Å². The molecule has 12 heteroatoms. The van der Waals surface area contributed by atoms with Crippen LogP contribution in [-0.4, -0.2) is 65.1 Å². The molecule has 0 radical (unpaired) electrons. The SMILES string of the molecule is CS(=O)(=O)N(CC(=O)N/N=C\c1ccc(OCC(=O)NC[C@@H]2CCCO2)cc1)c1ccccc1Cl. The van der Waals surface area contributed by atoms with Crippen LogP contribution in [0.3, 0.4) is 0 Å². The zero-order valence-electron chi connectivity index (χ0n) is 19.1. The third-order valence-electron chi connectivity index (χ3n) is 5.01. The summed E-state index contributed by atoms with van der Waals surface area (Å²) in [5.74, 6) is -0.365. The number of carbonyl (C=O) groups excluding carboxylic acids is 2. The van der Waals surface area contributed by atoms with Crippen molar-refractivity contribution in [3.8, 4) is 5.75 Å². The zero-order valence-corrected chi connectivity index (χ0v) is 20.7. The van der Waals surface area contributed by atoms with Crippen molar-refractivity contribution in [1.29, 1.82) is 0 Å². The van der Waals surface area contributed by atoms with E-state index in [1.807, 2.05) is 0 Å². The van der Waals surface area contributed by atoms with Crippen LogP contribution in [0.1, 0.15) is 18.4 Å². The highest BCUT2D eigenvalue weighted by atomic mass is 35.5. The Balaban J connectivity index is 1.46. The first-order valence-corrected chi connectivity index (χ1v) is 13.1. The summed E-state index contributed by atoms with van der Waals surface area (Å²) in [5, 5.41) is 6.85. The largest absolute Gasteiger partial charge is 0.484 e. The minimum absolute atomic E-state index is 0.0728. The number of nitrogens with one attached hydrogen (secondary N) is 2. The average Bonchev–Trinajstić information content (AvgIpc) is 3.34. The summed E-state index contributed by atoms with van der Waals surface area (Å²) in [5.41, 5.74) is 3.16. The molecule has 0 saturated carbocycles.